The highest BCUT2D eigenvalue weighted by molar-refractivity contribution is 7.92. The van der Waals surface area contributed by atoms with Gasteiger partial charge in [-0.2, -0.15) is 0 Å². The number of hydrogen-bond acceptors (Lipinski definition) is 4. The minimum atomic E-state index is -3.73. The number of alkyl halides is 1. The molecule has 23 heavy (non-hydrogen) atoms. The molecule has 2 rings (SSSR count). The average molecular weight is 354 g/mol. The molecule has 8 heteroatoms. The van der Waals surface area contributed by atoms with Gasteiger partial charge in [0.05, 0.1) is 23.6 Å². The lowest BCUT2D eigenvalue weighted by molar-refractivity contribution is 0.415. The van der Waals surface area contributed by atoms with Crippen LogP contribution in [0.1, 0.15) is 0 Å². The third-order valence-corrected chi connectivity index (χ3v) is 4.53. The number of ether oxygens (including phenoxy) is 1. The molecule has 0 saturated heterocycles. The third-order valence-electron chi connectivity index (χ3n) is 2.88. The van der Waals surface area contributed by atoms with E-state index < -0.39 is 10.0 Å². The van der Waals surface area contributed by atoms with Gasteiger partial charge in [0, 0.05) is 5.69 Å². The van der Waals surface area contributed by atoms with Crippen molar-refractivity contribution in [2.75, 3.05) is 17.7 Å². The molecule has 0 atom stereocenters. The molecule has 2 aromatic carbocycles. The van der Waals surface area contributed by atoms with E-state index in [1.807, 2.05) is 0 Å². The monoisotopic (exact) mass is 353 g/mol. The van der Waals surface area contributed by atoms with Crippen LogP contribution >= 0.6 is 11.6 Å². The number of anilines is 1. The molecule has 0 aliphatic heterocycles. The van der Waals surface area contributed by atoms with Crippen LogP contribution in [-0.2, 0) is 10.0 Å². The second-order valence-corrected chi connectivity index (χ2v) is 6.52. The van der Waals surface area contributed by atoms with E-state index in [9.17, 15) is 8.42 Å². The van der Waals surface area contributed by atoms with Gasteiger partial charge in [-0.25, -0.2) is 13.4 Å². The van der Waals surface area contributed by atoms with Crippen molar-refractivity contribution in [2.45, 2.75) is 4.90 Å². The van der Waals surface area contributed by atoms with Gasteiger partial charge in [-0.3, -0.25) is 4.72 Å². The Kier molecular flexibility index (Phi) is 5.46. The molecular formula is C15H16ClN3O3S. The first-order chi connectivity index (χ1) is 10.9. The first-order valence-electron chi connectivity index (χ1n) is 6.60. The standard InChI is InChI=1S/C15H16ClN3O3S/c1-22-13-7-5-11(6-8-13)19-23(20,21)14-4-2-3-12(9-14)18-15(17)10-16/h2-9,19H,10H2,1H3,(H2,17,18). The number of amidine groups is 1. The average Bonchev–Trinajstić information content (AvgIpc) is 2.55. The zero-order valence-electron chi connectivity index (χ0n) is 12.4. The summed E-state index contributed by atoms with van der Waals surface area (Å²) in [5, 5.41) is 0. The number of hydrogen-bond donors (Lipinski definition) is 2. The maximum Gasteiger partial charge on any atom is 0.261 e. The Hall–Kier alpha value is -2.25. The molecule has 0 radical (unpaired) electrons. The molecule has 0 bridgehead atoms. The van der Waals surface area contributed by atoms with Crippen molar-refractivity contribution in [1.82, 2.24) is 0 Å². The SMILES string of the molecule is COc1ccc(NS(=O)(=O)c2cccc(N=C(N)CCl)c2)cc1. The van der Waals surface area contributed by atoms with E-state index in [0.717, 1.165) is 0 Å². The number of rotatable bonds is 6. The van der Waals surface area contributed by atoms with E-state index in [1.54, 1.807) is 36.4 Å². The zero-order valence-corrected chi connectivity index (χ0v) is 13.9. The van der Waals surface area contributed by atoms with Crippen LogP contribution in [0.4, 0.5) is 11.4 Å². The van der Waals surface area contributed by atoms with Gasteiger partial charge in [-0.05, 0) is 42.5 Å². The van der Waals surface area contributed by atoms with Gasteiger partial charge in [-0.1, -0.05) is 6.07 Å². The summed E-state index contributed by atoms with van der Waals surface area (Å²) >= 11 is 5.57. The maximum absolute atomic E-state index is 12.4. The summed E-state index contributed by atoms with van der Waals surface area (Å²) in [4.78, 5) is 4.12. The molecule has 3 N–H and O–H groups in total. The Morgan fingerprint density at radius 2 is 1.96 bits per heavy atom. The lowest BCUT2D eigenvalue weighted by Gasteiger charge is -2.09. The van der Waals surface area contributed by atoms with Crippen LogP contribution in [0.5, 0.6) is 5.75 Å². The number of aliphatic imine (C=N–C) groups is 1. The molecule has 0 aliphatic rings. The Labute approximate surface area is 140 Å². The van der Waals surface area contributed by atoms with Gasteiger partial charge >= 0.3 is 0 Å². The van der Waals surface area contributed by atoms with E-state index in [2.05, 4.69) is 9.71 Å². The van der Waals surface area contributed by atoms with Crippen LogP contribution in [0.25, 0.3) is 0 Å². The number of nitrogens with zero attached hydrogens (tertiary/aromatic N) is 1. The fourth-order valence-electron chi connectivity index (χ4n) is 1.79. The largest absolute Gasteiger partial charge is 0.497 e. The fourth-order valence-corrected chi connectivity index (χ4v) is 2.95. The predicted octanol–water partition coefficient (Wildman–Crippen LogP) is 2.72. The Morgan fingerprint density at radius 1 is 1.26 bits per heavy atom. The lowest BCUT2D eigenvalue weighted by Crippen LogP contribution is -2.13. The predicted molar refractivity (Wildman–Crippen MR) is 92.2 cm³/mol. The zero-order chi connectivity index (χ0) is 16.9. The highest BCUT2D eigenvalue weighted by atomic mass is 35.5. The summed E-state index contributed by atoms with van der Waals surface area (Å²) in [5.41, 5.74) is 6.40. The number of sulfonamides is 1. The fraction of sp³-hybridized carbons (Fsp3) is 0.133. The lowest BCUT2D eigenvalue weighted by atomic mass is 10.3. The minimum Gasteiger partial charge on any atom is -0.497 e. The first kappa shape index (κ1) is 17.1. The third kappa shape index (κ3) is 4.61. The second-order valence-electron chi connectivity index (χ2n) is 4.57. The molecule has 0 spiro atoms. The van der Waals surface area contributed by atoms with Gasteiger partial charge in [-0.15, -0.1) is 11.6 Å². The number of nitrogens with two attached hydrogens (primary N) is 1. The highest BCUT2D eigenvalue weighted by Gasteiger charge is 2.14. The van der Waals surface area contributed by atoms with E-state index in [1.165, 1.54) is 19.2 Å². The van der Waals surface area contributed by atoms with Crippen LogP contribution < -0.4 is 15.2 Å². The van der Waals surface area contributed by atoms with Crippen LogP contribution in [-0.4, -0.2) is 27.2 Å². The molecule has 0 aromatic heterocycles. The minimum absolute atomic E-state index is 0.0705. The summed E-state index contributed by atoms with van der Waals surface area (Å²) in [6.07, 6.45) is 0. The Balaban J connectivity index is 2.26. The van der Waals surface area contributed by atoms with Crippen molar-refractivity contribution in [3.05, 3.63) is 48.5 Å². The van der Waals surface area contributed by atoms with Crippen molar-refractivity contribution in [2.24, 2.45) is 10.7 Å². The van der Waals surface area contributed by atoms with Gasteiger partial charge < -0.3 is 10.5 Å². The van der Waals surface area contributed by atoms with Crippen LogP contribution in [0.3, 0.4) is 0 Å². The summed E-state index contributed by atoms with van der Waals surface area (Å²) in [7, 11) is -2.19. The van der Waals surface area contributed by atoms with Crippen LogP contribution in [0.15, 0.2) is 58.4 Å². The molecule has 0 heterocycles. The quantitative estimate of drug-likeness (QED) is 0.474. The first-order valence-corrected chi connectivity index (χ1v) is 8.62. The molecule has 0 amide bonds. The van der Waals surface area contributed by atoms with Crippen molar-refractivity contribution in [3.63, 3.8) is 0 Å². The smallest absolute Gasteiger partial charge is 0.261 e. The Morgan fingerprint density at radius 3 is 2.57 bits per heavy atom. The van der Waals surface area contributed by atoms with Crippen molar-refractivity contribution < 1.29 is 13.2 Å². The second kappa shape index (κ2) is 7.34. The van der Waals surface area contributed by atoms with Crippen molar-refractivity contribution >= 4 is 38.8 Å². The number of benzene rings is 2. The molecule has 0 fully saturated rings. The van der Waals surface area contributed by atoms with Gasteiger partial charge in [0.25, 0.3) is 10.0 Å². The highest BCUT2D eigenvalue weighted by Crippen LogP contribution is 2.22. The van der Waals surface area contributed by atoms with Crippen LogP contribution in [0, 0.1) is 0 Å². The maximum atomic E-state index is 12.4. The molecular weight excluding hydrogens is 338 g/mol. The van der Waals surface area contributed by atoms with E-state index in [-0.39, 0.29) is 16.6 Å². The molecule has 122 valence electrons. The topological polar surface area (TPSA) is 93.8 Å². The molecule has 6 nitrogen and oxygen atoms in total. The number of methoxy groups -OCH3 is 1. The molecule has 2 aromatic rings. The van der Waals surface area contributed by atoms with Crippen LogP contribution in [0.2, 0.25) is 0 Å². The summed E-state index contributed by atoms with van der Waals surface area (Å²) < 4.78 is 32.4. The van der Waals surface area contributed by atoms with Crippen molar-refractivity contribution in [1.29, 1.82) is 0 Å². The van der Waals surface area contributed by atoms with E-state index in [4.69, 9.17) is 22.1 Å². The summed E-state index contributed by atoms with van der Waals surface area (Å²) in [5.74, 6) is 0.923. The number of halogens is 1. The van der Waals surface area contributed by atoms with Gasteiger partial charge in [0.2, 0.25) is 0 Å². The molecule has 0 saturated carbocycles. The van der Waals surface area contributed by atoms with E-state index in [0.29, 0.717) is 17.1 Å². The molecule has 0 unspecified atom stereocenters. The summed E-state index contributed by atoms with van der Waals surface area (Å²) in [6.45, 7) is 0. The van der Waals surface area contributed by atoms with E-state index >= 15 is 0 Å². The normalized spacial score (nSPS) is 12.0. The molecule has 0 aliphatic carbocycles. The van der Waals surface area contributed by atoms with Crippen molar-refractivity contribution in [3.8, 4) is 5.75 Å². The Bertz CT molecular complexity index is 805. The van der Waals surface area contributed by atoms with Gasteiger partial charge in [0.15, 0.2) is 0 Å². The van der Waals surface area contributed by atoms with Gasteiger partial charge in [0.1, 0.15) is 11.6 Å². The summed E-state index contributed by atoms with van der Waals surface area (Å²) in [6, 6.07) is 12.7. The number of nitrogens with one attached hydrogen (secondary N) is 1.